The summed E-state index contributed by atoms with van der Waals surface area (Å²) in [6.07, 6.45) is 1.13. The second kappa shape index (κ2) is 17.8. The minimum atomic E-state index is -3.22. The molecule has 0 saturated heterocycles. The standard InChI is InChI=1S/C37H45F9O4/c1-3-23-5-9-25(10-6-23)36(43,44)18-21-49-30-15-16-31(35(42)34(30)41)50-22-19-37(45,46)26-11-7-24(8-12-26)27(38)17-20-48-29-14-13-28(47-4-2)32(39)33(29)40/h3,13-16,23-27H,1,4-12,17-22H2,2H3. The van der Waals surface area contributed by atoms with E-state index in [4.69, 9.17) is 18.9 Å². The molecule has 2 aromatic carbocycles. The van der Waals surface area contributed by atoms with Crippen molar-refractivity contribution in [3.63, 3.8) is 0 Å². The van der Waals surface area contributed by atoms with Crippen LogP contribution in [0.2, 0.25) is 0 Å². The number of benzene rings is 2. The molecule has 4 nitrogen and oxygen atoms in total. The fourth-order valence-electron chi connectivity index (χ4n) is 6.83. The number of rotatable bonds is 18. The molecule has 1 atom stereocenters. The molecule has 0 aromatic heterocycles. The molecule has 2 aromatic rings. The van der Waals surface area contributed by atoms with E-state index in [0.717, 1.165) is 12.1 Å². The van der Waals surface area contributed by atoms with Crippen molar-refractivity contribution in [2.75, 3.05) is 26.4 Å². The molecule has 2 aliphatic carbocycles. The summed E-state index contributed by atoms with van der Waals surface area (Å²) in [6, 6.07) is 4.40. The van der Waals surface area contributed by atoms with Crippen LogP contribution in [0.4, 0.5) is 39.5 Å². The molecule has 0 spiro atoms. The number of ether oxygens (including phenoxy) is 4. The van der Waals surface area contributed by atoms with Crippen LogP contribution in [0.5, 0.6) is 23.0 Å². The summed E-state index contributed by atoms with van der Waals surface area (Å²) in [5.74, 6) is -15.7. The molecule has 0 radical (unpaired) electrons. The zero-order valence-corrected chi connectivity index (χ0v) is 28.1. The predicted octanol–water partition coefficient (Wildman–Crippen LogP) is 11.1. The quantitative estimate of drug-likeness (QED) is 0.113. The minimum absolute atomic E-state index is 0.0296. The van der Waals surface area contributed by atoms with Crippen molar-refractivity contribution >= 4 is 0 Å². The highest BCUT2D eigenvalue weighted by atomic mass is 19.3. The summed E-state index contributed by atoms with van der Waals surface area (Å²) in [7, 11) is 0. The topological polar surface area (TPSA) is 36.9 Å². The first kappa shape index (κ1) is 39.5. The Balaban J connectivity index is 1.17. The lowest BCUT2D eigenvalue weighted by Gasteiger charge is -2.34. The monoisotopic (exact) mass is 724 g/mol. The Morgan fingerprint density at radius 3 is 1.42 bits per heavy atom. The maximum absolute atomic E-state index is 15.0. The van der Waals surface area contributed by atoms with E-state index >= 15 is 8.78 Å². The van der Waals surface area contributed by atoms with E-state index in [-0.39, 0.29) is 62.7 Å². The number of allylic oxidation sites excluding steroid dienone is 1. The Bertz CT molecular complexity index is 1390. The predicted molar refractivity (Wildman–Crippen MR) is 170 cm³/mol. The third kappa shape index (κ3) is 10.2. The van der Waals surface area contributed by atoms with Crippen LogP contribution in [0.1, 0.15) is 77.6 Å². The second-order valence-corrected chi connectivity index (χ2v) is 13.1. The molecule has 0 N–H and O–H groups in total. The van der Waals surface area contributed by atoms with Gasteiger partial charge in [0.1, 0.15) is 6.17 Å². The summed E-state index contributed by atoms with van der Waals surface area (Å²) in [6.45, 7) is 4.05. The van der Waals surface area contributed by atoms with Gasteiger partial charge in [-0.05, 0) is 94.4 Å². The van der Waals surface area contributed by atoms with Gasteiger partial charge in [0.15, 0.2) is 23.0 Å². The highest BCUT2D eigenvalue weighted by Gasteiger charge is 2.43. The van der Waals surface area contributed by atoms with E-state index in [9.17, 15) is 30.7 Å². The molecule has 2 saturated carbocycles. The van der Waals surface area contributed by atoms with E-state index in [1.807, 2.05) is 0 Å². The Morgan fingerprint density at radius 1 is 0.640 bits per heavy atom. The van der Waals surface area contributed by atoms with Crippen LogP contribution in [0, 0.1) is 46.9 Å². The average Bonchev–Trinajstić information content (AvgIpc) is 3.10. The highest BCUT2D eigenvalue weighted by Crippen LogP contribution is 2.43. The molecule has 2 fully saturated rings. The lowest BCUT2D eigenvalue weighted by Crippen LogP contribution is -2.35. The molecule has 50 heavy (non-hydrogen) atoms. The summed E-state index contributed by atoms with van der Waals surface area (Å²) in [5.41, 5.74) is 0. The maximum Gasteiger partial charge on any atom is 0.254 e. The lowest BCUT2D eigenvalue weighted by atomic mass is 9.76. The van der Waals surface area contributed by atoms with Crippen molar-refractivity contribution in [2.24, 2.45) is 23.7 Å². The van der Waals surface area contributed by atoms with Crippen LogP contribution >= 0.6 is 0 Å². The SMILES string of the molecule is C=CC1CCC(C(F)(F)CCOc2ccc(OCCC(F)(F)C3CCC(C(F)CCOc4ccc(OCC)c(F)c4F)CC3)c(F)c2F)CC1. The van der Waals surface area contributed by atoms with Crippen LogP contribution in [0.15, 0.2) is 36.9 Å². The van der Waals surface area contributed by atoms with E-state index in [1.54, 1.807) is 13.0 Å². The first-order chi connectivity index (χ1) is 23.8. The van der Waals surface area contributed by atoms with E-state index in [0.29, 0.717) is 25.7 Å². The van der Waals surface area contributed by atoms with Gasteiger partial charge in [0.05, 0.1) is 26.4 Å². The fourth-order valence-corrected chi connectivity index (χ4v) is 6.83. The van der Waals surface area contributed by atoms with Crippen molar-refractivity contribution in [3.05, 3.63) is 60.2 Å². The lowest BCUT2D eigenvalue weighted by molar-refractivity contribution is -0.0912. The molecule has 0 amide bonds. The van der Waals surface area contributed by atoms with Gasteiger partial charge in [-0.1, -0.05) is 6.08 Å². The third-order valence-corrected chi connectivity index (χ3v) is 9.94. The largest absolute Gasteiger partial charge is 0.491 e. The molecule has 4 rings (SSSR count). The van der Waals surface area contributed by atoms with E-state index < -0.39 is 96.6 Å². The fraction of sp³-hybridized carbons (Fsp3) is 0.622. The summed E-state index contributed by atoms with van der Waals surface area (Å²) >= 11 is 0. The highest BCUT2D eigenvalue weighted by molar-refractivity contribution is 5.36. The molecular formula is C37H45F9O4. The Kier molecular flexibility index (Phi) is 14.1. The van der Waals surface area contributed by atoms with Gasteiger partial charge in [0, 0.05) is 31.1 Å². The van der Waals surface area contributed by atoms with Crippen LogP contribution in [0.3, 0.4) is 0 Å². The van der Waals surface area contributed by atoms with Crippen molar-refractivity contribution in [3.8, 4) is 23.0 Å². The summed E-state index contributed by atoms with van der Waals surface area (Å²) in [5, 5.41) is 0. The molecule has 0 aliphatic heterocycles. The molecule has 2 aliphatic rings. The van der Waals surface area contributed by atoms with Crippen LogP contribution < -0.4 is 18.9 Å². The van der Waals surface area contributed by atoms with Gasteiger partial charge >= 0.3 is 0 Å². The zero-order chi connectivity index (χ0) is 36.5. The third-order valence-electron chi connectivity index (χ3n) is 9.94. The number of hydrogen-bond donors (Lipinski definition) is 0. The number of hydrogen-bond acceptors (Lipinski definition) is 4. The molecule has 13 heteroatoms. The normalized spacial score (nSPS) is 22.1. The van der Waals surface area contributed by atoms with Crippen LogP contribution in [-0.2, 0) is 0 Å². The molecule has 1 unspecified atom stereocenters. The average molecular weight is 725 g/mol. The molecule has 0 bridgehead atoms. The number of halogens is 9. The van der Waals surface area contributed by atoms with Gasteiger partial charge in [-0.2, -0.15) is 17.6 Å². The van der Waals surface area contributed by atoms with Gasteiger partial charge in [-0.15, -0.1) is 6.58 Å². The number of alkyl halides is 5. The zero-order valence-electron chi connectivity index (χ0n) is 28.1. The van der Waals surface area contributed by atoms with E-state index in [1.165, 1.54) is 12.1 Å². The maximum atomic E-state index is 15.0. The smallest absolute Gasteiger partial charge is 0.254 e. The van der Waals surface area contributed by atoms with Gasteiger partial charge in [0.2, 0.25) is 23.3 Å². The first-order valence-corrected chi connectivity index (χ1v) is 17.3. The second-order valence-electron chi connectivity index (χ2n) is 13.1. The van der Waals surface area contributed by atoms with Crippen LogP contribution in [-0.4, -0.2) is 44.4 Å². The van der Waals surface area contributed by atoms with Crippen molar-refractivity contribution in [1.82, 2.24) is 0 Å². The Morgan fingerprint density at radius 2 is 1.02 bits per heavy atom. The molecule has 0 heterocycles. The summed E-state index contributed by atoms with van der Waals surface area (Å²) < 4.78 is 152. The van der Waals surface area contributed by atoms with E-state index in [2.05, 4.69) is 6.58 Å². The molecule has 280 valence electrons. The van der Waals surface area contributed by atoms with Gasteiger partial charge in [-0.25, -0.2) is 22.0 Å². The van der Waals surface area contributed by atoms with Crippen molar-refractivity contribution in [1.29, 1.82) is 0 Å². The van der Waals surface area contributed by atoms with Gasteiger partial charge < -0.3 is 18.9 Å². The Hall–Kier alpha value is -3.25. The summed E-state index contributed by atoms with van der Waals surface area (Å²) in [4.78, 5) is 0. The van der Waals surface area contributed by atoms with Crippen molar-refractivity contribution < 1.29 is 58.5 Å². The Labute approximate surface area is 287 Å². The van der Waals surface area contributed by atoms with Crippen molar-refractivity contribution in [2.45, 2.75) is 95.6 Å². The minimum Gasteiger partial charge on any atom is -0.491 e. The first-order valence-electron chi connectivity index (χ1n) is 17.3. The van der Waals surface area contributed by atoms with Gasteiger partial charge in [0.25, 0.3) is 11.8 Å². The van der Waals surface area contributed by atoms with Gasteiger partial charge in [-0.3, -0.25) is 0 Å². The molecular weight excluding hydrogens is 679 g/mol. The van der Waals surface area contributed by atoms with Crippen LogP contribution in [0.25, 0.3) is 0 Å².